The predicted octanol–water partition coefficient (Wildman–Crippen LogP) is 3.29. The van der Waals surface area contributed by atoms with Gasteiger partial charge in [-0.25, -0.2) is 4.98 Å². The van der Waals surface area contributed by atoms with Gasteiger partial charge in [0.1, 0.15) is 12.4 Å². The van der Waals surface area contributed by atoms with E-state index in [1.165, 1.54) is 11.8 Å². The first-order valence-corrected chi connectivity index (χ1v) is 9.77. The van der Waals surface area contributed by atoms with Crippen LogP contribution in [0.4, 0.5) is 0 Å². The van der Waals surface area contributed by atoms with Gasteiger partial charge >= 0.3 is 0 Å². The summed E-state index contributed by atoms with van der Waals surface area (Å²) in [5, 5.41) is 2.77. The van der Waals surface area contributed by atoms with Gasteiger partial charge in [0.05, 0.1) is 28.7 Å². The molecule has 0 aliphatic rings. The number of aryl methyl sites for hydroxylation is 1. The van der Waals surface area contributed by atoms with Gasteiger partial charge in [-0.3, -0.25) is 9.78 Å². The Hall–Kier alpha value is -2.56. The van der Waals surface area contributed by atoms with Crippen molar-refractivity contribution in [2.45, 2.75) is 11.3 Å². The molecule has 7 heteroatoms. The molecule has 1 aromatic carbocycles. The minimum absolute atomic E-state index is 0.0628. The van der Waals surface area contributed by atoms with Crippen molar-refractivity contribution < 1.29 is 9.53 Å². The fourth-order valence-corrected chi connectivity index (χ4v) is 3.90. The van der Waals surface area contributed by atoms with Gasteiger partial charge in [-0.15, -0.1) is 11.3 Å². The predicted molar refractivity (Wildman–Crippen MR) is 106 cm³/mol. The molecular weight excluding hydrogens is 366 g/mol. The number of fused-ring (bicyclic) bond motifs is 1. The Labute approximate surface area is 160 Å². The van der Waals surface area contributed by atoms with Crippen molar-refractivity contribution in [3.8, 4) is 17.6 Å². The van der Waals surface area contributed by atoms with Crippen LogP contribution >= 0.6 is 23.1 Å². The van der Waals surface area contributed by atoms with E-state index in [1.54, 1.807) is 17.5 Å². The number of thioether (sulfide) groups is 1. The second-order valence-electron chi connectivity index (χ2n) is 5.29. The zero-order valence-corrected chi connectivity index (χ0v) is 15.8. The quantitative estimate of drug-likeness (QED) is 0.523. The number of hydrogen-bond donors (Lipinski definition) is 1. The zero-order valence-electron chi connectivity index (χ0n) is 14.2. The van der Waals surface area contributed by atoms with E-state index < -0.39 is 0 Å². The second-order valence-corrected chi connectivity index (χ2v) is 7.54. The first-order valence-electron chi connectivity index (χ1n) is 7.97. The maximum absolute atomic E-state index is 11.9. The summed E-state index contributed by atoms with van der Waals surface area (Å²) in [6.07, 6.45) is 1.66. The molecule has 3 rings (SSSR count). The van der Waals surface area contributed by atoms with Gasteiger partial charge in [-0.2, -0.15) is 0 Å². The smallest absolute Gasteiger partial charge is 0.231 e. The Morgan fingerprint density at radius 1 is 1.27 bits per heavy atom. The van der Waals surface area contributed by atoms with Crippen molar-refractivity contribution in [3.63, 3.8) is 0 Å². The molecule has 2 heterocycles. The largest absolute Gasteiger partial charge is 0.479 e. The molecule has 1 amide bonds. The highest BCUT2D eigenvalue weighted by Gasteiger charge is 2.06. The van der Waals surface area contributed by atoms with Crippen LogP contribution in [0.3, 0.4) is 0 Å². The molecule has 0 aliphatic heterocycles. The molecule has 0 bridgehead atoms. The number of aromatic nitrogens is 2. The van der Waals surface area contributed by atoms with Crippen molar-refractivity contribution in [3.05, 3.63) is 48.3 Å². The molecule has 0 spiro atoms. The van der Waals surface area contributed by atoms with Crippen LogP contribution in [-0.2, 0) is 4.79 Å². The number of nitrogens with one attached hydrogen (secondary N) is 1. The normalized spacial score (nSPS) is 10.2. The summed E-state index contributed by atoms with van der Waals surface area (Å²) >= 11 is 3.03. The lowest BCUT2D eigenvalue weighted by Crippen LogP contribution is -2.25. The summed E-state index contributed by atoms with van der Waals surface area (Å²) in [6.45, 7) is 2.48. The lowest BCUT2D eigenvalue weighted by atomic mass is 10.3. The Kier molecular flexibility index (Phi) is 6.47. The standard InChI is InChI=1S/C19H17N3O2S2/c1-14-8-9-15(12-21-14)24-11-5-4-10-20-18(23)13-25-19-22-16-6-2-3-7-17(16)26-19/h2-3,6-9,12H,10-11,13H2,1H3,(H,20,23). The third-order valence-corrected chi connectivity index (χ3v) is 5.47. The molecule has 0 radical (unpaired) electrons. The van der Waals surface area contributed by atoms with Crippen LogP contribution in [0.1, 0.15) is 5.69 Å². The third-order valence-electron chi connectivity index (χ3n) is 3.30. The molecule has 5 nitrogen and oxygen atoms in total. The number of hydrogen-bond acceptors (Lipinski definition) is 6. The monoisotopic (exact) mass is 383 g/mol. The number of rotatable bonds is 6. The maximum Gasteiger partial charge on any atom is 0.231 e. The number of amides is 1. The highest BCUT2D eigenvalue weighted by atomic mass is 32.2. The van der Waals surface area contributed by atoms with Gasteiger partial charge in [0.25, 0.3) is 0 Å². The van der Waals surface area contributed by atoms with Crippen molar-refractivity contribution in [2.24, 2.45) is 0 Å². The number of carbonyl (C=O) groups is 1. The van der Waals surface area contributed by atoms with E-state index in [4.69, 9.17) is 4.74 Å². The topological polar surface area (TPSA) is 64.1 Å². The first-order chi connectivity index (χ1) is 12.7. The number of ether oxygens (including phenoxy) is 1. The van der Waals surface area contributed by atoms with E-state index in [0.29, 0.717) is 18.0 Å². The van der Waals surface area contributed by atoms with Gasteiger partial charge in [0.15, 0.2) is 4.34 Å². The van der Waals surface area contributed by atoms with Gasteiger partial charge < -0.3 is 10.1 Å². The van der Waals surface area contributed by atoms with Crippen LogP contribution in [0.2, 0.25) is 0 Å². The van der Waals surface area contributed by atoms with Gasteiger partial charge in [0, 0.05) is 5.69 Å². The van der Waals surface area contributed by atoms with E-state index in [9.17, 15) is 4.79 Å². The molecule has 26 heavy (non-hydrogen) atoms. The summed E-state index contributed by atoms with van der Waals surface area (Å²) in [5.74, 6) is 6.68. The second kappa shape index (κ2) is 9.22. The molecule has 3 aromatic rings. The number of para-hydroxylation sites is 1. The van der Waals surface area contributed by atoms with Crippen LogP contribution in [0, 0.1) is 18.8 Å². The summed E-state index contributed by atoms with van der Waals surface area (Å²) in [5.41, 5.74) is 1.91. The molecule has 0 aliphatic carbocycles. The SMILES string of the molecule is Cc1ccc(OCC#CCNC(=O)CSc2nc3ccccc3s2)cn1. The highest BCUT2D eigenvalue weighted by Crippen LogP contribution is 2.28. The van der Waals surface area contributed by atoms with E-state index in [-0.39, 0.29) is 12.5 Å². The zero-order chi connectivity index (χ0) is 18.2. The maximum atomic E-state index is 11.9. The molecular formula is C19H17N3O2S2. The highest BCUT2D eigenvalue weighted by molar-refractivity contribution is 8.01. The summed E-state index contributed by atoms with van der Waals surface area (Å²) in [6, 6.07) is 11.7. The molecule has 0 unspecified atom stereocenters. The van der Waals surface area contributed by atoms with Crippen LogP contribution in [0.5, 0.6) is 5.75 Å². The van der Waals surface area contributed by atoms with Gasteiger partial charge in [-0.05, 0) is 31.2 Å². The van der Waals surface area contributed by atoms with Crippen molar-refractivity contribution in [1.29, 1.82) is 0 Å². The molecule has 2 aromatic heterocycles. The molecule has 0 fully saturated rings. The third kappa shape index (κ3) is 5.48. The lowest BCUT2D eigenvalue weighted by molar-refractivity contribution is -0.118. The number of carbonyl (C=O) groups excluding carboxylic acids is 1. The van der Waals surface area contributed by atoms with Crippen LogP contribution in [-0.4, -0.2) is 34.8 Å². The number of thiazole rings is 1. The number of nitrogens with zero attached hydrogens (tertiary/aromatic N) is 2. The van der Waals surface area contributed by atoms with E-state index in [0.717, 1.165) is 20.3 Å². The van der Waals surface area contributed by atoms with E-state index >= 15 is 0 Å². The fourth-order valence-electron chi connectivity index (χ4n) is 2.01. The molecule has 0 saturated carbocycles. The first kappa shape index (κ1) is 18.2. The Morgan fingerprint density at radius 2 is 2.15 bits per heavy atom. The Morgan fingerprint density at radius 3 is 2.96 bits per heavy atom. The van der Waals surface area contributed by atoms with Crippen molar-refractivity contribution in [2.75, 3.05) is 18.9 Å². The molecule has 0 saturated heterocycles. The van der Waals surface area contributed by atoms with Crippen LogP contribution < -0.4 is 10.1 Å². The van der Waals surface area contributed by atoms with Crippen molar-refractivity contribution >= 4 is 39.2 Å². The molecule has 0 atom stereocenters. The van der Waals surface area contributed by atoms with Gasteiger partial charge in [-0.1, -0.05) is 35.7 Å². The van der Waals surface area contributed by atoms with Gasteiger partial charge in [0.2, 0.25) is 5.91 Å². The lowest BCUT2D eigenvalue weighted by Gasteiger charge is -2.01. The Bertz CT molecular complexity index is 910. The summed E-state index contributed by atoms with van der Waals surface area (Å²) < 4.78 is 7.47. The van der Waals surface area contributed by atoms with Crippen LogP contribution in [0.15, 0.2) is 46.9 Å². The number of pyridine rings is 1. The summed E-state index contributed by atoms with van der Waals surface area (Å²) in [4.78, 5) is 20.5. The van der Waals surface area contributed by atoms with Crippen molar-refractivity contribution in [1.82, 2.24) is 15.3 Å². The average molecular weight is 383 g/mol. The van der Waals surface area contributed by atoms with Crippen LogP contribution in [0.25, 0.3) is 10.2 Å². The summed E-state index contributed by atoms with van der Waals surface area (Å²) in [7, 11) is 0. The molecule has 1 N–H and O–H groups in total. The minimum atomic E-state index is -0.0628. The minimum Gasteiger partial charge on any atom is -0.479 e. The number of benzene rings is 1. The fraction of sp³-hybridized carbons (Fsp3) is 0.211. The molecule has 132 valence electrons. The Balaban J connectivity index is 1.34. The van der Waals surface area contributed by atoms with E-state index in [2.05, 4.69) is 27.1 Å². The van der Waals surface area contributed by atoms with E-state index in [1.807, 2.05) is 43.3 Å². The average Bonchev–Trinajstić information content (AvgIpc) is 3.07.